The molecule has 1 N–H and O–H groups in total. The molecule has 0 spiro atoms. The number of carbonyl (C=O) groups excluding carboxylic acids is 1. The molecule has 128 valence electrons. The van der Waals surface area contributed by atoms with Crippen LogP contribution in [0.4, 0.5) is 0 Å². The highest BCUT2D eigenvalue weighted by Gasteiger charge is 2.18. The van der Waals surface area contributed by atoms with Crippen LogP contribution in [0.1, 0.15) is 32.3 Å². The number of nitrogens with one attached hydrogen (secondary N) is 1. The number of hydrazone groups is 1. The molecule has 1 aliphatic rings. The lowest BCUT2D eigenvalue weighted by Crippen LogP contribution is -2.27. The Morgan fingerprint density at radius 3 is 2.88 bits per heavy atom. The predicted octanol–water partition coefficient (Wildman–Crippen LogP) is 4.43. The predicted molar refractivity (Wildman–Crippen MR) is 98.6 cm³/mol. The van der Waals surface area contributed by atoms with E-state index >= 15 is 0 Å². The second kappa shape index (κ2) is 8.15. The van der Waals surface area contributed by atoms with Gasteiger partial charge in [0.2, 0.25) is 0 Å². The number of halogens is 1. The van der Waals surface area contributed by atoms with Crippen LogP contribution in [0.5, 0.6) is 5.75 Å². The molecule has 0 radical (unpaired) electrons. The topological polar surface area (TPSA) is 50.7 Å². The molecule has 0 bridgehead atoms. The number of nitrogens with zero attached hydrogens (tertiary/aromatic N) is 1. The fourth-order valence-corrected chi connectivity index (χ4v) is 2.73. The van der Waals surface area contributed by atoms with Crippen molar-refractivity contribution < 1.29 is 9.53 Å². The smallest absolute Gasteiger partial charge is 0.277 e. The minimum atomic E-state index is -0.290. The molecular weight excluding hydrogens is 324 g/mol. The fraction of sp³-hybridized carbons (Fsp3) is 0.368. The minimum Gasteiger partial charge on any atom is -0.483 e. The van der Waals surface area contributed by atoms with Gasteiger partial charge in [0.15, 0.2) is 6.61 Å². The van der Waals surface area contributed by atoms with E-state index in [-0.39, 0.29) is 12.5 Å². The van der Waals surface area contributed by atoms with Gasteiger partial charge in [-0.3, -0.25) is 4.79 Å². The van der Waals surface area contributed by atoms with Crippen LogP contribution >= 0.6 is 11.6 Å². The lowest BCUT2D eigenvalue weighted by molar-refractivity contribution is -0.123. The summed E-state index contributed by atoms with van der Waals surface area (Å²) in [6, 6.07) is 5.28. The molecule has 1 aromatic carbocycles. The molecule has 1 aliphatic carbocycles. The average Bonchev–Trinajstić information content (AvgIpc) is 2.53. The van der Waals surface area contributed by atoms with E-state index in [1.807, 2.05) is 20.8 Å². The highest BCUT2D eigenvalue weighted by atomic mass is 35.5. The van der Waals surface area contributed by atoms with Gasteiger partial charge in [0.1, 0.15) is 5.75 Å². The molecule has 0 heterocycles. The van der Waals surface area contributed by atoms with E-state index in [0.717, 1.165) is 35.3 Å². The van der Waals surface area contributed by atoms with Gasteiger partial charge in [-0.25, -0.2) is 5.43 Å². The Morgan fingerprint density at radius 1 is 1.46 bits per heavy atom. The number of ether oxygens (including phenoxy) is 1. The summed E-state index contributed by atoms with van der Waals surface area (Å²) in [7, 11) is 0. The van der Waals surface area contributed by atoms with Crippen molar-refractivity contribution in [1.82, 2.24) is 5.43 Å². The van der Waals surface area contributed by atoms with Crippen LogP contribution in [0.2, 0.25) is 5.02 Å². The molecule has 24 heavy (non-hydrogen) atoms. The molecule has 1 atom stereocenters. The number of aryl methyl sites for hydroxylation is 1. The zero-order valence-corrected chi connectivity index (χ0v) is 15.1. The van der Waals surface area contributed by atoms with Crippen molar-refractivity contribution in [3.8, 4) is 5.75 Å². The summed E-state index contributed by atoms with van der Waals surface area (Å²) in [6.07, 6.45) is 3.92. The van der Waals surface area contributed by atoms with Crippen molar-refractivity contribution in [2.75, 3.05) is 6.61 Å². The average molecular weight is 347 g/mol. The number of carbonyl (C=O) groups is 1. The van der Waals surface area contributed by atoms with Gasteiger partial charge in [-0.2, -0.15) is 5.10 Å². The quantitative estimate of drug-likeness (QED) is 0.633. The summed E-state index contributed by atoms with van der Waals surface area (Å²) < 4.78 is 5.51. The standard InChI is InChI=1S/C19H23ClN2O2/c1-12(2)15-6-5-13(3)17(10-15)21-22-19(23)11-24-18-8-7-16(20)9-14(18)4/h5,7-9,15H,1,6,10-11H2,2-4H3,(H,22,23)/t15-/m1/s1. The molecule has 4 nitrogen and oxygen atoms in total. The monoisotopic (exact) mass is 346 g/mol. The highest BCUT2D eigenvalue weighted by Crippen LogP contribution is 2.26. The molecular formula is C19H23ClN2O2. The van der Waals surface area contributed by atoms with E-state index in [1.165, 1.54) is 0 Å². The molecule has 5 heteroatoms. The Morgan fingerprint density at radius 2 is 2.21 bits per heavy atom. The van der Waals surface area contributed by atoms with Crippen LogP contribution < -0.4 is 10.2 Å². The van der Waals surface area contributed by atoms with Crippen LogP contribution in [-0.4, -0.2) is 18.2 Å². The first kappa shape index (κ1) is 18.3. The normalized spacial score (nSPS) is 18.9. The third kappa shape index (κ3) is 4.96. The van der Waals surface area contributed by atoms with Gasteiger partial charge in [0, 0.05) is 5.02 Å². The van der Waals surface area contributed by atoms with Crippen LogP contribution in [-0.2, 0) is 4.79 Å². The van der Waals surface area contributed by atoms with E-state index in [1.54, 1.807) is 18.2 Å². The summed E-state index contributed by atoms with van der Waals surface area (Å²) in [5.41, 5.74) is 6.59. The largest absolute Gasteiger partial charge is 0.483 e. The lowest BCUT2D eigenvalue weighted by atomic mass is 9.85. The van der Waals surface area contributed by atoms with Gasteiger partial charge in [-0.05, 0) is 68.9 Å². The molecule has 0 fully saturated rings. The first-order valence-electron chi connectivity index (χ1n) is 7.93. The van der Waals surface area contributed by atoms with Gasteiger partial charge < -0.3 is 4.74 Å². The Hall–Kier alpha value is -2.07. The van der Waals surface area contributed by atoms with Crippen LogP contribution in [0.3, 0.4) is 0 Å². The van der Waals surface area contributed by atoms with E-state index < -0.39 is 0 Å². The zero-order chi connectivity index (χ0) is 17.7. The van der Waals surface area contributed by atoms with E-state index in [9.17, 15) is 4.79 Å². The lowest BCUT2D eigenvalue weighted by Gasteiger charge is -2.22. The summed E-state index contributed by atoms with van der Waals surface area (Å²) in [5.74, 6) is 0.734. The molecule has 0 saturated heterocycles. The van der Waals surface area contributed by atoms with Crippen LogP contribution in [0.25, 0.3) is 0 Å². The van der Waals surface area contributed by atoms with Crippen molar-refractivity contribution in [2.45, 2.75) is 33.6 Å². The van der Waals surface area contributed by atoms with Gasteiger partial charge in [0.25, 0.3) is 5.91 Å². The first-order chi connectivity index (χ1) is 11.4. The maximum Gasteiger partial charge on any atom is 0.277 e. The summed E-state index contributed by atoms with van der Waals surface area (Å²) in [6.45, 7) is 9.83. The molecule has 0 saturated carbocycles. The summed E-state index contributed by atoms with van der Waals surface area (Å²) in [5, 5.41) is 4.89. The Labute approximate surface area is 148 Å². The molecule has 1 aromatic rings. The number of amides is 1. The minimum absolute atomic E-state index is 0.0913. The summed E-state index contributed by atoms with van der Waals surface area (Å²) >= 11 is 5.90. The third-order valence-electron chi connectivity index (χ3n) is 4.11. The number of allylic oxidation sites excluding steroid dienone is 3. The van der Waals surface area contributed by atoms with Crippen molar-refractivity contribution >= 4 is 23.2 Å². The Kier molecular flexibility index (Phi) is 6.21. The van der Waals surface area contributed by atoms with Crippen LogP contribution in [0.15, 0.2) is 47.1 Å². The molecule has 0 aliphatic heterocycles. The van der Waals surface area contributed by atoms with Crippen LogP contribution in [0, 0.1) is 12.8 Å². The third-order valence-corrected chi connectivity index (χ3v) is 4.35. The highest BCUT2D eigenvalue weighted by molar-refractivity contribution is 6.30. The number of benzene rings is 1. The number of hydrogen-bond acceptors (Lipinski definition) is 3. The van der Waals surface area contributed by atoms with Gasteiger partial charge in [-0.1, -0.05) is 29.8 Å². The van der Waals surface area contributed by atoms with E-state index in [0.29, 0.717) is 16.7 Å². The number of hydrogen-bond donors (Lipinski definition) is 1. The SMILES string of the molecule is C=C(C)[C@@H]1CC=C(C)C(=NNC(=O)COc2ccc(Cl)cc2C)C1. The maximum absolute atomic E-state index is 12.0. The van der Waals surface area contributed by atoms with Crippen molar-refractivity contribution in [1.29, 1.82) is 0 Å². The zero-order valence-electron chi connectivity index (χ0n) is 14.4. The van der Waals surface area contributed by atoms with Gasteiger partial charge in [0.05, 0.1) is 5.71 Å². The Balaban J connectivity index is 1.91. The Bertz CT molecular complexity index is 707. The van der Waals surface area contributed by atoms with Gasteiger partial charge in [-0.15, -0.1) is 0 Å². The molecule has 1 amide bonds. The summed E-state index contributed by atoms with van der Waals surface area (Å²) in [4.78, 5) is 12.0. The maximum atomic E-state index is 12.0. The van der Waals surface area contributed by atoms with E-state index in [4.69, 9.17) is 16.3 Å². The van der Waals surface area contributed by atoms with Crippen molar-refractivity contribution in [3.63, 3.8) is 0 Å². The number of rotatable bonds is 5. The van der Waals surface area contributed by atoms with Gasteiger partial charge >= 0.3 is 0 Å². The van der Waals surface area contributed by atoms with E-state index in [2.05, 4.69) is 23.2 Å². The first-order valence-corrected chi connectivity index (χ1v) is 8.31. The fourth-order valence-electron chi connectivity index (χ4n) is 2.50. The van der Waals surface area contributed by atoms with Crippen molar-refractivity contribution in [3.05, 3.63) is 52.6 Å². The molecule has 2 rings (SSSR count). The molecule has 0 aromatic heterocycles. The molecule has 0 unspecified atom stereocenters. The second-order valence-corrected chi connectivity index (χ2v) is 6.60. The second-order valence-electron chi connectivity index (χ2n) is 6.16. The van der Waals surface area contributed by atoms with Crippen molar-refractivity contribution in [2.24, 2.45) is 11.0 Å².